The summed E-state index contributed by atoms with van der Waals surface area (Å²) < 4.78 is 57.4. The summed E-state index contributed by atoms with van der Waals surface area (Å²) in [4.78, 5) is 0. The van der Waals surface area contributed by atoms with Gasteiger partial charge in [-0.2, -0.15) is 13.2 Å². The second-order valence-corrected chi connectivity index (χ2v) is 6.90. The summed E-state index contributed by atoms with van der Waals surface area (Å²) in [5.74, 6) is -0.651. The van der Waals surface area contributed by atoms with Gasteiger partial charge in [-0.1, -0.05) is 11.5 Å². The first-order valence-electron chi connectivity index (χ1n) is 7.81. The fourth-order valence-electron chi connectivity index (χ4n) is 3.57. The third-order valence-corrected chi connectivity index (χ3v) is 4.59. The molecular formula is C15H21B2F3O5. The molecule has 0 amide bonds. The van der Waals surface area contributed by atoms with Gasteiger partial charge in [-0.15, -0.1) is 0 Å². The zero-order valence-corrected chi connectivity index (χ0v) is 14.4. The minimum absolute atomic E-state index is 0.0925. The summed E-state index contributed by atoms with van der Waals surface area (Å²) >= 11 is 0. The fourth-order valence-corrected chi connectivity index (χ4v) is 3.57. The van der Waals surface area contributed by atoms with Crippen LogP contribution in [0, 0.1) is 5.92 Å². The third kappa shape index (κ3) is 4.24. The van der Waals surface area contributed by atoms with Gasteiger partial charge in [-0.25, -0.2) is 0 Å². The molecule has 4 atom stereocenters. The van der Waals surface area contributed by atoms with Crippen molar-refractivity contribution in [3.05, 3.63) is 11.5 Å². The predicted octanol–water partition coefficient (Wildman–Crippen LogP) is 0.684. The quantitative estimate of drug-likeness (QED) is 0.411. The first kappa shape index (κ1) is 20.8. The van der Waals surface area contributed by atoms with Gasteiger partial charge in [0.1, 0.15) is 27.9 Å². The van der Waals surface area contributed by atoms with Gasteiger partial charge in [0.15, 0.2) is 0 Å². The SMILES string of the molecule is [B]C1=C[C@]2(CO2)[C@@H](C(C)(C)OCCOCC(F)(F)F)[C@]([B])(OC)[C@@H]1O. The Morgan fingerprint density at radius 2 is 1.96 bits per heavy atom. The zero-order chi connectivity index (χ0) is 19.1. The number of ether oxygens (including phenoxy) is 4. The molecule has 0 aromatic heterocycles. The number of hydrogen-bond acceptors (Lipinski definition) is 5. The van der Waals surface area contributed by atoms with Crippen molar-refractivity contribution < 1.29 is 37.2 Å². The van der Waals surface area contributed by atoms with Crippen molar-refractivity contribution in [2.75, 3.05) is 33.5 Å². The average Bonchev–Trinajstić information content (AvgIpc) is 3.22. The minimum atomic E-state index is -4.39. The van der Waals surface area contributed by atoms with Crippen LogP contribution < -0.4 is 0 Å². The first-order chi connectivity index (χ1) is 11.4. The van der Waals surface area contributed by atoms with E-state index in [1.54, 1.807) is 19.9 Å². The Kier molecular flexibility index (Phi) is 5.72. The molecule has 0 aromatic carbocycles. The van der Waals surface area contributed by atoms with Crippen molar-refractivity contribution >= 4 is 15.7 Å². The lowest BCUT2D eigenvalue weighted by Gasteiger charge is -2.53. The van der Waals surface area contributed by atoms with Gasteiger partial charge in [0.05, 0.1) is 37.0 Å². The number of aliphatic hydroxyl groups is 1. The maximum atomic E-state index is 12.1. The Morgan fingerprint density at radius 1 is 1.36 bits per heavy atom. The number of aliphatic hydroxyl groups excluding tert-OH is 1. The van der Waals surface area contributed by atoms with E-state index >= 15 is 0 Å². The molecule has 2 rings (SSSR count). The number of rotatable bonds is 7. The van der Waals surface area contributed by atoms with Crippen LogP contribution in [0.2, 0.25) is 0 Å². The highest BCUT2D eigenvalue weighted by Crippen LogP contribution is 2.53. The van der Waals surface area contributed by atoms with E-state index in [9.17, 15) is 18.3 Å². The molecule has 1 fully saturated rings. The van der Waals surface area contributed by atoms with Crippen molar-refractivity contribution in [1.82, 2.24) is 0 Å². The van der Waals surface area contributed by atoms with Crippen molar-refractivity contribution in [1.29, 1.82) is 0 Å². The molecule has 10 heteroatoms. The lowest BCUT2D eigenvalue weighted by atomic mass is 9.52. The maximum absolute atomic E-state index is 12.1. The molecule has 1 aliphatic heterocycles. The zero-order valence-electron chi connectivity index (χ0n) is 14.4. The molecule has 1 aliphatic carbocycles. The van der Waals surface area contributed by atoms with Gasteiger partial charge in [-0.3, -0.25) is 0 Å². The summed E-state index contributed by atoms with van der Waals surface area (Å²) in [6.45, 7) is 2.05. The number of epoxide rings is 1. The Morgan fingerprint density at radius 3 is 2.44 bits per heavy atom. The molecular weight excluding hydrogens is 339 g/mol. The van der Waals surface area contributed by atoms with Crippen LogP contribution in [-0.4, -0.2) is 83.3 Å². The highest BCUT2D eigenvalue weighted by atomic mass is 19.4. The van der Waals surface area contributed by atoms with E-state index in [1.165, 1.54) is 7.11 Å². The molecule has 1 spiro atoms. The van der Waals surface area contributed by atoms with Crippen LogP contribution in [0.3, 0.4) is 0 Å². The lowest BCUT2D eigenvalue weighted by Crippen LogP contribution is -2.66. The molecule has 1 heterocycles. The molecule has 5 nitrogen and oxygen atoms in total. The van der Waals surface area contributed by atoms with Crippen molar-refractivity contribution in [3.63, 3.8) is 0 Å². The highest BCUT2D eigenvalue weighted by molar-refractivity contribution is 6.25. The van der Waals surface area contributed by atoms with Gasteiger partial charge >= 0.3 is 6.18 Å². The molecule has 1 N–H and O–H groups in total. The largest absolute Gasteiger partial charge is 0.411 e. The van der Waals surface area contributed by atoms with Crippen LogP contribution in [0.15, 0.2) is 11.5 Å². The van der Waals surface area contributed by atoms with E-state index in [1.807, 2.05) is 0 Å². The van der Waals surface area contributed by atoms with E-state index in [0.717, 1.165) is 0 Å². The molecule has 0 unspecified atom stereocenters. The van der Waals surface area contributed by atoms with E-state index in [4.69, 9.17) is 29.9 Å². The van der Waals surface area contributed by atoms with Gasteiger partial charge in [0, 0.05) is 13.0 Å². The fraction of sp³-hybridized carbons (Fsp3) is 0.867. The van der Waals surface area contributed by atoms with Crippen molar-refractivity contribution in [3.8, 4) is 0 Å². The van der Waals surface area contributed by atoms with Gasteiger partial charge in [0.25, 0.3) is 0 Å². The van der Waals surface area contributed by atoms with Crippen LogP contribution >= 0.6 is 0 Å². The average molecular weight is 360 g/mol. The van der Waals surface area contributed by atoms with Crippen LogP contribution in [-0.2, 0) is 18.9 Å². The normalized spacial score (nSPS) is 35.7. The monoisotopic (exact) mass is 360 g/mol. The predicted molar refractivity (Wildman–Crippen MR) is 84.4 cm³/mol. The number of hydrogen-bond donors (Lipinski definition) is 1. The highest BCUT2D eigenvalue weighted by Gasteiger charge is 2.66. The van der Waals surface area contributed by atoms with E-state index in [2.05, 4.69) is 4.74 Å². The standard InChI is InChI=1S/C15H21B2F3O5/c1-12(2,24-5-4-23-8-14(18,19)20)11-13(7-25-13)6-9(16)10(21)15(11,17)22-3/h6,10-11,21H,4-5,7-8H2,1-3H3/t10-,11-,13+,15-/m1/s1. The molecule has 0 saturated carbocycles. The van der Waals surface area contributed by atoms with E-state index in [-0.39, 0.29) is 18.7 Å². The molecule has 1 saturated heterocycles. The van der Waals surface area contributed by atoms with Crippen LogP contribution in [0.25, 0.3) is 0 Å². The summed E-state index contributed by atoms with van der Waals surface area (Å²) in [5, 5.41) is 10.4. The number of halogens is 3. The smallest absolute Gasteiger partial charge is 0.387 e. The van der Waals surface area contributed by atoms with Crippen molar-refractivity contribution in [2.45, 2.75) is 42.8 Å². The van der Waals surface area contributed by atoms with Crippen LogP contribution in [0.5, 0.6) is 0 Å². The van der Waals surface area contributed by atoms with Gasteiger partial charge in [0.2, 0.25) is 0 Å². The third-order valence-electron chi connectivity index (χ3n) is 4.59. The summed E-state index contributed by atoms with van der Waals surface area (Å²) in [6.07, 6.45) is -4.07. The number of methoxy groups -OCH3 is 1. The van der Waals surface area contributed by atoms with E-state index < -0.39 is 41.5 Å². The summed E-state index contributed by atoms with van der Waals surface area (Å²) in [7, 11) is 13.5. The molecule has 25 heavy (non-hydrogen) atoms. The molecule has 0 aromatic rings. The van der Waals surface area contributed by atoms with E-state index in [0.29, 0.717) is 6.61 Å². The second kappa shape index (κ2) is 6.88. The molecule has 138 valence electrons. The molecule has 2 aliphatic rings. The first-order valence-corrected chi connectivity index (χ1v) is 7.81. The van der Waals surface area contributed by atoms with Crippen LogP contribution in [0.4, 0.5) is 13.2 Å². The Hall–Kier alpha value is -0.540. The molecule has 4 radical (unpaired) electrons. The minimum Gasteiger partial charge on any atom is -0.387 e. The van der Waals surface area contributed by atoms with Crippen LogP contribution in [0.1, 0.15) is 13.8 Å². The number of alkyl halides is 3. The summed E-state index contributed by atoms with van der Waals surface area (Å²) in [5.41, 5.74) is -3.28. The van der Waals surface area contributed by atoms with Gasteiger partial charge in [-0.05, 0) is 13.8 Å². The van der Waals surface area contributed by atoms with Crippen molar-refractivity contribution in [2.24, 2.45) is 5.92 Å². The maximum Gasteiger partial charge on any atom is 0.411 e. The Bertz CT molecular complexity index is 522. The second-order valence-electron chi connectivity index (χ2n) is 6.90. The Labute approximate surface area is 147 Å². The summed E-state index contributed by atoms with van der Waals surface area (Å²) in [6, 6.07) is 0. The molecule has 0 bridgehead atoms. The topological polar surface area (TPSA) is 60.5 Å². The lowest BCUT2D eigenvalue weighted by molar-refractivity contribution is -0.191. The van der Waals surface area contributed by atoms with Gasteiger partial charge < -0.3 is 24.1 Å². The Balaban J connectivity index is 2.08.